The molecular weight excluding hydrogens is 298 g/mol. The molecule has 0 aliphatic carbocycles. The average Bonchev–Trinajstić information content (AvgIpc) is 2.47. The average molecular weight is 327 g/mol. The molecule has 2 heterocycles. The van der Waals surface area contributed by atoms with Crippen LogP contribution in [0.3, 0.4) is 0 Å². The maximum Gasteiger partial charge on any atom is 0.410 e. The topological polar surface area (TPSA) is 79.9 Å². The molecule has 132 valence electrons. The Hall–Kier alpha value is -1.50. The lowest BCUT2D eigenvalue weighted by Gasteiger charge is -2.33. The Morgan fingerprint density at radius 2 is 1.70 bits per heavy atom. The number of amides is 2. The fourth-order valence-electron chi connectivity index (χ4n) is 2.80. The van der Waals surface area contributed by atoms with Gasteiger partial charge in [-0.05, 0) is 59.5 Å². The van der Waals surface area contributed by atoms with E-state index in [-0.39, 0.29) is 24.3 Å². The lowest BCUT2D eigenvalue weighted by molar-refractivity contribution is 0.0195. The van der Waals surface area contributed by atoms with Crippen molar-refractivity contribution >= 4 is 12.2 Å². The predicted molar refractivity (Wildman–Crippen MR) is 86.3 cm³/mol. The maximum atomic E-state index is 12.0. The van der Waals surface area contributed by atoms with Crippen molar-refractivity contribution in [2.45, 2.75) is 64.2 Å². The van der Waals surface area contributed by atoms with Gasteiger partial charge in [-0.15, -0.1) is 0 Å². The second kappa shape index (κ2) is 7.86. The summed E-state index contributed by atoms with van der Waals surface area (Å²) in [7, 11) is 0. The van der Waals surface area contributed by atoms with Gasteiger partial charge in [-0.1, -0.05) is 0 Å². The number of piperidine rings is 2. The molecule has 23 heavy (non-hydrogen) atoms. The van der Waals surface area contributed by atoms with Crippen LogP contribution in [0.4, 0.5) is 9.59 Å². The summed E-state index contributed by atoms with van der Waals surface area (Å²) < 4.78 is 10.8. The molecule has 0 aromatic heterocycles. The second-order valence-corrected chi connectivity index (χ2v) is 7.24. The lowest BCUT2D eigenvalue weighted by Crippen LogP contribution is -2.48. The number of carbonyl (C=O) groups is 2. The van der Waals surface area contributed by atoms with Crippen LogP contribution in [0, 0.1) is 0 Å². The van der Waals surface area contributed by atoms with Gasteiger partial charge in [0.25, 0.3) is 0 Å². The van der Waals surface area contributed by atoms with Crippen LogP contribution in [0.25, 0.3) is 0 Å². The van der Waals surface area contributed by atoms with Gasteiger partial charge < -0.3 is 25.0 Å². The number of rotatable bonds is 2. The van der Waals surface area contributed by atoms with Gasteiger partial charge in [0.15, 0.2) is 0 Å². The number of alkyl carbamates (subject to hydrolysis) is 1. The number of carbonyl (C=O) groups excluding carboxylic acids is 2. The largest absolute Gasteiger partial charge is 0.446 e. The molecule has 0 unspecified atom stereocenters. The zero-order chi connectivity index (χ0) is 16.9. The van der Waals surface area contributed by atoms with Crippen molar-refractivity contribution in [3.63, 3.8) is 0 Å². The summed E-state index contributed by atoms with van der Waals surface area (Å²) in [6.45, 7) is 8.54. The molecule has 2 fully saturated rings. The van der Waals surface area contributed by atoms with Crippen LogP contribution in [0.2, 0.25) is 0 Å². The molecule has 0 bridgehead atoms. The fourth-order valence-corrected chi connectivity index (χ4v) is 2.80. The van der Waals surface area contributed by atoms with Crippen molar-refractivity contribution < 1.29 is 19.1 Å². The molecule has 0 aromatic rings. The smallest absolute Gasteiger partial charge is 0.410 e. The molecule has 2 N–H and O–H groups in total. The second-order valence-electron chi connectivity index (χ2n) is 7.24. The van der Waals surface area contributed by atoms with Crippen LogP contribution < -0.4 is 10.6 Å². The Morgan fingerprint density at radius 3 is 2.26 bits per heavy atom. The number of nitrogens with zero attached hydrogens (tertiary/aromatic N) is 1. The van der Waals surface area contributed by atoms with E-state index in [0.717, 1.165) is 38.8 Å². The van der Waals surface area contributed by atoms with Crippen LogP contribution in [0.15, 0.2) is 0 Å². The van der Waals surface area contributed by atoms with Gasteiger partial charge in [-0.25, -0.2) is 9.59 Å². The standard InChI is InChI=1S/C16H29N3O4/c1-16(2,3)23-15(21)19-10-6-12(7-11-19)18-14(20)22-13-4-8-17-9-5-13/h12-13,17H,4-11H2,1-3H3,(H,18,20). The zero-order valence-electron chi connectivity index (χ0n) is 14.4. The van der Waals surface area contributed by atoms with Crippen molar-refractivity contribution in [3.05, 3.63) is 0 Å². The first-order valence-corrected chi connectivity index (χ1v) is 8.49. The van der Waals surface area contributed by atoms with Crippen LogP contribution in [0.5, 0.6) is 0 Å². The summed E-state index contributed by atoms with van der Waals surface area (Å²) in [6.07, 6.45) is 2.56. The monoisotopic (exact) mass is 327 g/mol. The number of hydrogen-bond acceptors (Lipinski definition) is 5. The lowest BCUT2D eigenvalue weighted by atomic mass is 10.1. The maximum absolute atomic E-state index is 12.0. The van der Waals surface area contributed by atoms with E-state index in [0.29, 0.717) is 13.1 Å². The SMILES string of the molecule is CC(C)(C)OC(=O)N1CCC(NC(=O)OC2CCNCC2)CC1. The van der Waals surface area contributed by atoms with Gasteiger partial charge in [-0.2, -0.15) is 0 Å². The minimum absolute atomic E-state index is 0.0121. The van der Waals surface area contributed by atoms with Gasteiger partial charge >= 0.3 is 12.2 Å². The molecule has 0 spiro atoms. The zero-order valence-corrected chi connectivity index (χ0v) is 14.4. The van der Waals surface area contributed by atoms with E-state index in [1.807, 2.05) is 20.8 Å². The molecule has 2 aliphatic rings. The highest BCUT2D eigenvalue weighted by Crippen LogP contribution is 2.16. The Morgan fingerprint density at radius 1 is 1.09 bits per heavy atom. The quantitative estimate of drug-likeness (QED) is 0.809. The van der Waals surface area contributed by atoms with E-state index >= 15 is 0 Å². The van der Waals surface area contributed by atoms with E-state index < -0.39 is 5.60 Å². The summed E-state index contributed by atoms with van der Waals surface area (Å²) in [5.74, 6) is 0. The Labute approximate surface area is 138 Å². The third-order valence-corrected chi connectivity index (χ3v) is 4.03. The van der Waals surface area contributed by atoms with E-state index in [1.165, 1.54) is 0 Å². The number of nitrogens with one attached hydrogen (secondary N) is 2. The van der Waals surface area contributed by atoms with Gasteiger partial charge in [0.2, 0.25) is 0 Å². The number of likely N-dealkylation sites (tertiary alicyclic amines) is 1. The molecule has 7 nitrogen and oxygen atoms in total. The molecule has 0 saturated carbocycles. The highest BCUT2D eigenvalue weighted by molar-refractivity contribution is 5.69. The molecule has 2 rings (SSSR count). The van der Waals surface area contributed by atoms with Crippen molar-refractivity contribution in [2.24, 2.45) is 0 Å². The normalized spacial score (nSPS) is 20.9. The number of hydrogen-bond donors (Lipinski definition) is 2. The third-order valence-electron chi connectivity index (χ3n) is 4.03. The van der Waals surface area contributed by atoms with Crippen LogP contribution >= 0.6 is 0 Å². The molecule has 2 saturated heterocycles. The van der Waals surface area contributed by atoms with Crippen molar-refractivity contribution in [1.29, 1.82) is 0 Å². The highest BCUT2D eigenvalue weighted by atomic mass is 16.6. The minimum atomic E-state index is -0.481. The van der Waals surface area contributed by atoms with E-state index in [2.05, 4.69) is 10.6 Å². The van der Waals surface area contributed by atoms with Crippen LogP contribution in [-0.4, -0.2) is 61.0 Å². The molecule has 0 radical (unpaired) electrons. The van der Waals surface area contributed by atoms with Gasteiger partial charge in [0, 0.05) is 19.1 Å². The van der Waals surface area contributed by atoms with Crippen LogP contribution in [-0.2, 0) is 9.47 Å². The molecule has 0 aromatic carbocycles. The molecular formula is C16H29N3O4. The van der Waals surface area contributed by atoms with Crippen molar-refractivity contribution in [1.82, 2.24) is 15.5 Å². The van der Waals surface area contributed by atoms with E-state index in [1.54, 1.807) is 4.90 Å². The van der Waals surface area contributed by atoms with E-state index in [9.17, 15) is 9.59 Å². The molecule has 2 aliphatic heterocycles. The molecule has 7 heteroatoms. The highest BCUT2D eigenvalue weighted by Gasteiger charge is 2.28. The van der Waals surface area contributed by atoms with Crippen molar-refractivity contribution in [3.8, 4) is 0 Å². The Kier molecular flexibility index (Phi) is 6.10. The van der Waals surface area contributed by atoms with Gasteiger partial charge in [0.1, 0.15) is 11.7 Å². The predicted octanol–water partition coefficient (Wildman–Crippen LogP) is 1.86. The number of ether oxygens (including phenoxy) is 2. The summed E-state index contributed by atoms with van der Waals surface area (Å²) in [5, 5.41) is 6.15. The van der Waals surface area contributed by atoms with Crippen LogP contribution in [0.1, 0.15) is 46.5 Å². The van der Waals surface area contributed by atoms with E-state index in [4.69, 9.17) is 9.47 Å². The first-order valence-electron chi connectivity index (χ1n) is 8.49. The summed E-state index contributed by atoms with van der Waals surface area (Å²) in [4.78, 5) is 25.6. The first-order chi connectivity index (χ1) is 10.8. The Bertz CT molecular complexity index is 408. The fraction of sp³-hybridized carbons (Fsp3) is 0.875. The summed E-state index contributed by atoms with van der Waals surface area (Å²) >= 11 is 0. The van der Waals surface area contributed by atoms with Gasteiger partial charge in [0.05, 0.1) is 0 Å². The Balaban J connectivity index is 1.67. The molecule has 0 atom stereocenters. The molecule has 2 amide bonds. The first kappa shape index (κ1) is 17.8. The minimum Gasteiger partial charge on any atom is -0.446 e. The summed E-state index contributed by atoms with van der Waals surface area (Å²) in [6, 6.07) is 0.0582. The van der Waals surface area contributed by atoms with Crippen molar-refractivity contribution in [2.75, 3.05) is 26.2 Å². The summed E-state index contributed by atoms with van der Waals surface area (Å²) in [5.41, 5.74) is -0.481. The third kappa shape index (κ3) is 6.25. The van der Waals surface area contributed by atoms with Gasteiger partial charge in [-0.3, -0.25) is 0 Å².